The molecule has 0 aliphatic heterocycles. The molecule has 2 heteroatoms. The highest BCUT2D eigenvalue weighted by atomic mass is 14.7. The van der Waals surface area contributed by atoms with Crippen LogP contribution in [0.25, 0.3) is 21.8 Å². The van der Waals surface area contributed by atoms with Crippen molar-refractivity contribution in [2.75, 3.05) is 0 Å². The van der Waals surface area contributed by atoms with Crippen LogP contribution in [-0.2, 0) is 0 Å². The van der Waals surface area contributed by atoms with Gasteiger partial charge in [0.2, 0.25) is 0 Å². The molecule has 0 saturated carbocycles. The first-order valence-corrected chi connectivity index (χ1v) is 10.3. The lowest BCUT2D eigenvalue weighted by Gasteiger charge is -2.09. The van der Waals surface area contributed by atoms with Crippen molar-refractivity contribution in [3.8, 4) is 0 Å². The molecule has 0 spiro atoms. The Labute approximate surface area is 168 Å². The van der Waals surface area contributed by atoms with Crippen molar-refractivity contribution in [3.63, 3.8) is 0 Å². The molecule has 4 rings (SSSR count). The largest absolute Gasteiger partial charge is 0.256 e. The highest BCUT2D eigenvalue weighted by molar-refractivity contribution is 5.79. The Kier molecular flexibility index (Phi) is 6.76. The first-order chi connectivity index (χ1) is 13.6. The molecule has 0 saturated heterocycles. The Morgan fingerprint density at radius 2 is 1.46 bits per heavy atom. The van der Waals surface area contributed by atoms with E-state index in [1.165, 1.54) is 28.5 Å². The summed E-state index contributed by atoms with van der Waals surface area (Å²) in [4.78, 5) is 8.95. The molecule has 0 aliphatic carbocycles. The van der Waals surface area contributed by atoms with Gasteiger partial charge in [0.1, 0.15) is 0 Å². The molecule has 2 aromatic heterocycles. The van der Waals surface area contributed by atoms with E-state index in [-0.39, 0.29) is 0 Å². The number of fused-ring (bicyclic) bond motifs is 2. The summed E-state index contributed by atoms with van der Waals surface area (Å²) in [6, 6.07) is 23.2. The zero-order chi connectivity index (χ0) is 19.9. The maximum Gasteiger partial charge on any atom is 0.0705 e. The van der Waals surface area contributed by atoms with Crippen LogP contribution < -0.4 is 0 Å². The third-order valence-corrected chi connectivity index (χ3v) is 5.55. The molecule has 2 aromatic carbocycles. The van der Waals surface area contributed by atoms with Crippen molar-refractivity contribution in [2.24, 2.45) is 0 Å². The highest BCUT2D eigenvalue weighted by Crippen LogP contribution is 2.22. The van der Waals surface area contributed by atoms with Crippen LogP contribution in [0.5, 0.6) is 0 Å². The van der Waals surface area contributed by atoms with Crippen molar-refractivity contribution in [3.05, 3.63) is 84.2 Å². The van der Waals surface area contributed by atoms with E-state index in [4.69, 9.17) is 0 Å². The average molecular weight is 371 g/mol. The van der Waals surface area contributed by atoms with Gasteiger partial charge in [-0.05, 0) is 60.6 Å². The van der Waals surface area contributed by atoms with Crippen LogP contribution >= 0.6 is 0 Å². The van der Waals surface area contributed by atoms with Crippen LogP contribution in [0.3, 0.4) is 0 Å². The van der Waals surface area contributed by atoms with E-state index in [9.17, 15) is 0 Å². The second kappa shape index (κ2) is 9.45. The minimum Gasteiger partial charge on any atom is -0.256 e. The van der Waals surface area contributed by atoms with Gasteiger partial charge in [-0.2, -0.15) is 0 Å². The third kappa shape index (κ3) is 4.75. The van der Waals surface area contributed by atoms with E-state index >= 15 is 0 Å². The number of nitrogens with zero attached hydrogens (tertiary/aromatic N) is 2. The van der Waals surface area contributed by atoms with Gasteiger partial charge in [0, 0.05) is 22.7 Å². The minimum absolute atomic E-state index is 0.555. The Bertz CT molecular complexity index is 953. The highest BCUT2D eigenvalue weighted by Gasteiger charge is 2.05. The van der Waals surface area contributed by atoms with Crippen LogP contribution in [0.15, 0.2) is 72.9 Å². The summed E-state index contributed by atoms with van der Waals surface area (Å²) in [5.41, 5.74) is 4.80. The first kappa shape index (κ1) is 20.0. The van der Waals surface area contributed by atoms with Gasteiger partial charge < -0.3 is 0 Å². The van der Waals surface area contributed by atoms with E-state index in [2.05, 4.69) is 86.2 Å². The zero-order valence-electron chi connectivity index (χ0n) is 17.4. The molecule has 0 bridgehead atoms. The Morgan fingerprint density at radius 1 is 0.714 bits per heavy atom. The standard InChI is InChI=1S/2C13H15N/c1-3-10(2)11-6-7-13-12(9-11)5-4-8-14-13;1-3-10(2)12-9-8-11-6-4-5-7-13(11)14-12/h2*4-10H,3H2,1-2H3. The van der Waals surface area contributed by atoms with E-state index in [1.54, 1.807) is 0 Å². The van der Waals surface area contributed by atoms with Crippen LogP contribution in [0.2, 0.25) is 0 Å². The number of pyridine rings is 2. The minimum atomic E-state index is 0.555. The smallest absolute Gasteiger partial charge is 0.0705 e. The topological polar surface area (TPSA) is 25.8 Å². The molecule has 2 unspecified atom stereocenters. The predicted molar refractivity (Wildman–Crippen MR) is 121 cm³/mol. The molecule has 2 heterocycles. The van der Waals surface area contributed by atoms with Gasteiger partial charge in [-0.1, -0.05) is 64.1 Å². The molecule has 0 aliphatic rings. The first-order valence-electron chi connectivity index (χ1n) is 10.3. The van der Waals surface area contributed by atoms with Gasteiger partial charge in [0.05, 0.1) is 11.0 Å². The van der Waals surface area contributed by atoms with Gasteiger partial charge in [-0.15, -0.1) is 0 Å². The molecule has 4 aromatic rings. The third-order valence-electron chi connectivity index (χ3n) is 5.55. The van der Waals surface area contributed by atoms with Gasteiger partial charge in [-0.25, -0.2) is 0 Å². The Morgan fingerprint density at radius 3 is 2.25 bits per heavy atom. The van der Waals surface area contributed by atoms with Crippen LogP contribution in [0.4, 0.5) is 0 Å². The van der Waals surface area contributed by atoms with E-state index in [0.717, 1.165) is 17.5 Å². The maximum absolute atomic E-state index is 4.65. The lowest BCUT2D eigenvalue weighted by molar-refractivity contribution is 0.712. The fourth-order valence-corrected chi connectivity index (χ4v) is 3.20. The van der Waals surface area contributed by atoms with Crippen LogP contribution in [0.1, 0.15) is 63.6 Å². The normalized spacial score (nSPS) is 13.0. The van der Waals surface area contributed by atoms with Gasteiger partial charge >= 0.3 is 0 Å². The van der Waals surface area contributed by atoms with Gasteiger partial charge in [0.25, 0.3) is 0 Å². The summed E-state index contributed by atoms with van der Waals surface area (Å²) >= 11 is 0. The molecule has 0 fully saturated rings. The fourth-order valence-electron chi connectivity index (χ4n) is 3.20. The van der Waals surface area contributed by atoms with Gasteiger partial charge in [0.15, 0.2) is 0 Å². The molecule has 2 nitrogen and oxygen atoms in total. The van der Waals surface area contributed by atoms with Gasteiger partial charge in [-0.3, -0.25) is 9.97 Å². The van der Waals surface area contributed by atoms with Crippen LogP contribution in [-0.4, -0.2) is 9.97 Å². The van der Waals surface area contributed by atoms with E-state index in [1.807, 2.05) is 24.4 Å². The van der Waals surface area contributed by atoms with Crippen molar-refractivity contribution in [2.45, 2.75) is 52.4 Å². The molecular weight excluding hydrogens is 340 g/mol. The molecular formula is C26H30N2. The number of aromatic nitrogens is 2. The summed E-state index contributed by atoms with van der Waals surface area (Å²) in [6.45, 7) is 8.90. The number of rotatable bonds is 4. The lowest BCUT2D eigenvalue weighted by atomic mass is 9.97. The number of hydrogen-bond acceptors (Lipinski definition) is 2. The number of hydrogen-bond donors (Lipinski definition) is 0. The summed E-state index contributed by atoms with van der Waals surface area (Å²) in [7, 11) is 0. The molecule has 144 valence electrons. The van der Waals surface area contributed by atoms with Crippen molar-refractivity contribution < 1.29 is 0 Å². The summed E-state index contributed by atoms with van der Waals surface area (Å²) < 4.78 is 0. The molecule has 28 heavy (non-hydrogen) atoms. The second-order valence-electron chi connectivity index (χ2n) is 7.50. The monoisotopic (exact) mass is 370 g/mol. The van der Waals surface area contributed by atoms with E-state index in [0.29, 0.717) is 11.8 Å². The fraction of sp³-hybridized carbons (Fsp3) is 0.308. The van der Waals surface area contributed by atoms with Crippen LogP contribution in [0, 0.1) is 0 Å². The summed E-state index contributed by atoms with van der Waals surface area (Å²) in [5, 5.41) is 2.46. The zero-order valence-corrected chi connectivity index (χ0v) is 17.4. The number of benzene rings is 2. The molecule has 0 radical (unpaired) electrons. The predicted octanol–water partition coefficient (Wildman–Crippen LogP) is 7.50. The Balaban J connectivity index is 0.000000161. The summed E-state index contributed by atoms with van der Waals surface area (Å²) in [6.07, 6.45) is 4.17. The van der Waals surface area contributed by atoms with Crippen molar-refractivity contribution >= 4 is 21.8 Å². The number of para-hydroxylation sites is 1. The average Bonchev–Trinajstić information content (AvgIpc) is 2.77. The Hall–Kier alpha value is -2.74. The maximum atomic E-state index is 4.65. The molecule has 0 N–H and O–H groups in total. The summed E-state index contributed by atoms with van der Waals surface area (Å²) in [5.74, 6) is 1.19. The lowest BCUT2D eigenvalue weighted by Crippen LogP contribution is -1.95. The van der Waals surface area contributed by atoms with E-state index < -0.39 is 0 Å². The van der Waals surface area contributed by atoms with Crippen molar-refractivity contribution in [1.82, 2.24) is 9.97 Å². The molecule has 2 atom stereocenters. The SMILES string of the molecule is CCC(C)c1ccc2ccccc2n1.CCC(C)c1ccc2ncccc2c1. The van der Waals surface area contributed by atoms with Crippen molar-refractivity contribution in [1.29, 1.82) is 0 Å². The quantitative estimate of drug-likeness (QED) is 0.372. The second-order valence-corrected chi connectivity index (χ2v) is 7.50. The molecule has 0 amide bonds.